The Morgan fingerprint density at radius 3 is 2.36 bits per heavy atom. The van der Waals surface area contributed by atoms with Crippen molar-refractivity contribution in [2.75, 3.05) is 13.1 Å². The van der Waals surface area contributed by atoms with Gasteiger partial charge in [-0.05, 0) is 36.1 Å². The summed E-state index contributed by atoms with van der Waals surface area (Å²) in [5.74, 6) is 0.0153. The summed E-state index contributed by atoms with van der Waals surface area (Å²) >= 11 is 0. The van der Waals surface area contributed by atoms with Crippen molar-refractivity contribution in [2.45, 2.75) is 19.8 Å². The van der Waals surface area contributed by atoms with Gasteiger partial charge in [-0.15, -0.1) is 0 Å². The van der Waals surface area contributed by atoms with E-state index in [4.69, 9.17) is 0 Å². The summed E-state index contributed by atoms with van der Waals surface area (Å²) in [4.78, 5) is 32.4. The monoisotopic (exact) mass is 335 g/mol. The number of hydrogen-bond donors (Lipinski definition) is 2. The number of aromatic amines is 2. The highest BCUT2D eigenvalue weighted by Crippen LogP contribution is 2.36. The minimum atomic E-state index is -0.257. The summed E-state index contributed by atoms with van der Waals surface area (Å²) in [7, 11) is 0. The first kappa shape index (κ1) is 15.7. The van der Waals surface area contributed by atoms with Gasteiger partial charge in [0.15, 0.2) is 0 Å². The van der Waals surface area contributed by atoms with Crippen molar-refractivity contribution in [3.63, 3.8) is 0 Å². The molecule has 0 saturated carbocycles. The molecule has 2 aliphatic rings. The maximum atomic E-state index is 13.1. The summed E-state index contributed by atoms with van der Waals surface area (Å²) in [6.45, 7) is 3.68. The predicted molar refractivity (Wildman–Crippen MR) is 98.7 cm³/mol. The van der Waals surface area contributed by atoms with Crippen LogP contribution < -0.4 is 5.69 Å². The highest BCUT2D eigenvalue weighted by Gasteiger charge is 2.29. The number of carbonyl (C=O) groups is 1. The van der Waals surface area contributed by atoms with Crippen LogP contribution in [0.2, 0.25) is 0 Å². The lowest BCUT2D eigenvalue weighted by Gasteiger charge is -2.23. The summed E-state index contributed by atoms with van der Waals surface area (Å²) in [5.41, 5.74) is 3.96. The van der Waals surface area contributed by atoms with Crippen LogP contribution in [0.25, 0.3) is 17.7 Å². The second-order valence-corrected chi connectivity index (χ2v) is 6.69. The molecule has 0 spiro atoms. The average molecular weight is 335 g/mol. The molecule has 25 heavy (non-hydrogen) atoms. The molecule has 2 aromatic rings. The van der Waals surface area contributed by atoms with Gasteiger partial charge in [-0.2, -0.15) is 0 Å². The SMILES string of the molecule is C[C@@H]1C(C(=O)N2CCCC2)=Cc2[nH]c(=O)[nH]c2C=C1c1ccccc1. The molecule has 1 amide bonds. The number of fused-ring (bicyclic) bond motifs is 1. The van der Waals surface area contributed by atoms with Crippen molar-refractivity contribution in [1.29, 1.82) is 0 Å². The lowest BCUT2D eigenvalue weighted by atomic mass is 9.87. The number of hydrogen-bond acceptors (Lipinski definition) is 2. The third kappa shape index (κ3) is 2.86. The molecule has 4 rings (SSSR count). The van der Waals surface area contributed by atoms with E-state index in [2.05, 4.69) is 16.9 Å². The fourth-order valence-corrected chi connectivity index (χ4v) is 3.68. The number of aromatic nitrogens is 2. The highest BCUT2D eigenvalue weighted by atomic mass is 16.2. The van der Waals surface area contributed by atoms with Gasteiger partial charge in [0.05, 0.1) is 11.4 Å². The lowest BCUT2D eigenvalue weighted by molar-refractivity contribution is -0.126. The number of carbonyl (C=O) groups excluding carboxylic acids is 1. The standard InChI is InChI=1S/C20H21N3O2/c1-13-15(14-7-3-2-4-8-14)11-17-18(22-20(25)21-17)12-16(13)19(24)23-9-5-6-10-23/h2-4,7-8,11-13H,5-6,9-10H2,1H3,(H2,21,22,25)/t13-/m0/s1. The van der Waals surface area contributed by atoms with Crippen LogP contribution in [0.1, 0.15) is 36.7 Å². The van der Waals surface area contributed by atoms with Gasteiger partial charge in [0.2, 0.25) is 5.91 Å². The smallest absolute Gasteiger partial charge is 0.323 e. The van der Waals surface area contributed by atoms with Crippen molar-refractivity contribution in [3.05, 3.63) is 63.3 Å². The number of nitrogens with one attached hydrogen (secondary N) is 2. The summed E-state index contributed by atoms with van der Waals surface area (Å²) in [6, 6.07) is 10.0. The Balaban J connectivity index is 1.84. The minimum Gasteiger partial charge on any atom is -0.339 e. The molecule has 1 fully saturated rings. The maximum absolute atomic E-state index is 13.1. The van der Waals surface area contributed by atoms with E-state index in [1.54, 1.807) is 0 Å². The Morgan fingerprint density at radius 2 is 1.68 bits per heavy atom. The van der Waals surface area contributed by atoms with Gasteiger partial charge in [0, 0.05) is 24.6 Å². The van der Waals surface area contributed by atoms with E-state index >= 15 is 0 Å². The van der Waals surface area contributed by atoms with Crippen LogP contribution in [0.3, 0.4) is 0 Å². The first-order valence-electron chi connectivity index (χ1n) is 8.73. The summed E-state index contributed by atoms with van der Waals surface area (Å²) in [5, 5.41) is 0. The molecule has 1 atom stereocenters. The van der Waals surface area contributed by atoms with Gasteiger partial charge in [-0.1, -0.05) is 37.3 Å². The van der Waals surface area contributed by atoms with Gasteiger partial charge in [0.1, 0.15) is 0 Å². The molecule has 5 nitrogen and oxygen atoms in total. The van der Waals surface area contributed by atoms with E-state index in [0.717, 1.165) is 48.3 Å². The van der Waals surface area contributed by atoms with Crippen LogP contribution in [-0.2, 0) is 4.79 Å². The minimum absolute atomic E-state index is 0.0557. The Morgan fingerprint density at radius 1 is 1.04 bits per heavy atom. The largest absolute Gasteiger partial charge is 0.339 e. The van der Waals surface area contributed by atoms with Crippen LogP contribution in [0.15, 0.2) is 40.7 Å². The molecule has 1 aliphatic heterocycles. The predicted octanol–water partition coefficient (Wildman–Crippen LogP) is 2.90. The Hall–Kier alpha value is -2.82. The normalized spacial score (nSPS) is 19.9. The van der Waals surface area contributed by atoms with Crippen molar-refractivity contribution >= 4 is 23.6 Å². The highest BCUT2D eigenvalue weighted by molar-refractivity contribution is 6.04. The summed E-state index contributed by atoms with van der Waals surface area (Å²) in [6.07, 6.45) is 5.93. The van der Waals surface area contributed by atoms with E-state index in [0.29, 0.717) is 5.69 Å². The fraction of sp³-hybridized carbons (Fsp3) is 0.300. The molecular formula is C20H21N3O2. The summed E-state index contributed by atoms with van der Waals surface area (Å²) < 4.78 is 0. The number of likely N-dealkylation sites (tertiary alicyclic amines) is 1. The molecule has 1 aliphatic carbocycles. The Bertz CT molecular complexity index is 912. The van der Waals surface area contributed by atoms with E-state index < -0.39 is 0 Å². The van der Waals surface area contributed by atoms with Gasteiger partial charge in [0.25, 0.3) is 0 Å². The maximum Gasteiger partial charge on any atom is 0.323 e. The molecule has 5 heteroatoms. The quantitative estimate of drug-likeness (QED) is 0.886. The average Bonchev–Trinajstić information content (AvgIpc) is 3.24. The van der Waals surface area contributed by atoms with Crippen LogP contribution in [0.5, 0.6) is 0 Å². The molecule has 2 N–H and O–H groups in total. The number of benzene rings is 1. The second-order valence-electron chi connectivity index (χ2n) is 6.69. The van der Waals surface area contributed by atoms with E-state index in [1.165, 1.54) is 0 Å². The molecule has 0 unspecified atom stereocenters. The molecule has 128 valence electrons. The zero-order valence-electron chi connectivity index (χ0n) is 14.2. The molecule has 2 heterocycles. The Kier molecular flexibility index (Phi) is 3.92. The Labute approximate surface area is 146 Å². The van der Waals surface area contributed by atoms with Crippen LogP contribution in [0, 0.1) is 5.92 Å². The van der Waals surface area contributed by atoms with Gasteiger partial charge >= 0.3 is 5.69 Å². The zero-order chi connectivity index (χ0) is 17.4. The number of allylic oxidation sites excluding steroid dienone is 1. The van der Waals surface area contributed by atoms with Crippen molar-refractivity contribution < 1.29 is 4.79 Å². The first-order valence-corrected chi connectivity index (χ1v) is 8.73. The number of amides is 1. The third-order valence-corrected chi connectivity index (χ3v) is 5.07. The van der Waals surface area contributed by atoms with Gasteiger partial charge in [-0.3, -0.25) is 4.79 Å². The van der Waals surface area contributed by atoms with Crippen molar-refractivity contribution in [2.24, 2.45) is 5.92 Å². The fourth-order valence-electron chi connectivity index (χ4n) is 3.68. The van der Waals surface area contributed by atoms with Crippen molar-refractivity contribution in [3.8, 4) is 0 Å². The van der Waals surface area contributed by atoms with Crippen molar-refractivity contribution in [1.82, 2.24) is 14.9 Å². The number of rotatable bonds is 2. The van der Waals surface area contributed by atoms with E-state index in [-0.39, 0.29) is 17.5 Å². The topological polar surface area (TPSA) is 69.0 Å². The molecule has 1 saturated heterocycles. The van der Waals surface area contributed by atoms with Crippen LogP contribution in [0.4, 0.5) is 0 Å². The van der Waals surface area contributed by atoms with E-state index in [9.17, 15) is 9.59 Å². The number of H-pyrrole nitrogens is 2. The van der Waals surface area contributed by atoms with E-state index in [1.807, 2.05) is 47.4 Å². The lowest BCUT2D eigenvalue weighted by Crippen LogP contribution is -2.31. The molecule has 0 bridgehead atoms. The molecule has 0 radical (unpaired) electrons. The first-order chi connectivity index (χ1) is 12.1. The second kappa shape index (κ2) is 6.24. The van der Waals surface area contributed by atoms with Crippen LogP contribution in [-0.4, -0.2) is 33.9 Å². The molecule has 1 aromatic heterocycles. The number of nitrogens with zero attached hydrogens (tertiary/aromatic N) is 1. The number of imidazole rings is 1. The van der Waals surface area contributed by atoms with Gasteiger partial charge in [-0.25, -0.2) is 4.79 Å². The van der Waals surface area contributed by atoms with Crippen LogP contribution >= 0.6 is 0 Å². The van der Waals surface area contributed by atoms with Gasteiger partial charge < -0.3 is 14.9 Å². The molecule has 1 aromatic carbocycles. The zero-order valence-corrected chi connectivity index (χ0v) is 14.2. The third-order valence-electron chi connectivity index (χ3n) is 5.07. The molecular weight excluding hydrogens is 314 g/mol.